The first kappa shape index (κ1) is 103. The van der Waals surface area contributed by atoms with Crippen molar-refractivity contribution in [2.75, 3.05) is 47.4 Å². The van der Waals surface area contributed by atoms with Crippen molar-refractivity contribution >= 4 is 116 Å². The fraction of sp³-hybridized carbons (Fsp3) is 0.612. The van der Waals surface area contributed by atoms with Crippen LogP contribution < -0.4 is 42.5 Å². The van der Waals surface area contributed by atoms with Crippen molar-refractivity contribution in [3.63, 3.8) is 0 Å². The average Bonchev–Trinajstić information content (AvgIpc) is 1.62. The number of anilines is 4. The van der Waals surface area contributed by atoms with Crippen molar-refractivity contribution in [2.45, 2.75) is 367 Å². The molecule has 36 heteroatoms. The van der Waals surface area contributed by atoms with Crippen molar-refractivity contribution in [1.29, 1.82) is 0 Å². The van der Waals surface area contributed by atoms with E-state index in [1.165, 1.54) is 71.0 Å². The summed E-state index contributed by atoms with van der Waals surface area (Å²) in [6.07, 6.45) is 31.9. The van der Waals surface area contributed by atoms with Gasteiger partial charge in [-0.2, -0.15) is 0 Å². The molecule has 0 unspecified atom stereocenters. The molecule has 8 aromatic heterocycles. The van der Waals surface area contributed by atoms with Gasteiger partial charge in [-0.1, -0.05) is 20.8 Å². The van der Waals surface area contributed by atoms with Crippen LogP contribution in [0.2, 0.25) is 0 Å². The molecular formula is C103H142N20O12S4. The molecule has 18 rings (SSSR count). The molecule has 3 atom stereocenters. The largest absolute Gasteiger partial charge is 0.389 e. The van der Waals surface area contributed by atoms with Crippen molar-refractivity contribution in [3.8, 4) is 41.8 Å². The second kappa shape index (κ2) is 43.0. The summed E-state index contributed by atoms with van der Waals surface area (Å²) < 4.78 is 0. The molecule has 8 aromatic rings. The molecule has 0 spiro atoms. The lowest BCUT2D eigenvalue weighted by Crippen LogP contribution is -2.38. The van der Waals surface area contributed by atoms with E-state index in [9.17, 15) is 58.8 Å². The summed E-state index contributed by atoms with van der Waals surface area (Å²) in [6.45, 7) is 34.1. The van der Waals surface area contributed by atoms with Gasteiger partial charge in [0.25, 0.3) is 47.3 Å². The van der Waals surface area contributed by atoms with Crippen LogP contribution in [0.1, 0.15) is 348 Å². The number of nitrogens with zero attached hydrogens (tertiary/aromatic N) is 12. The Morgan fingerprint density at radius 3 is 0.719 bits per heavy atom. The van der Waals surface area contributed by atoms with Crippen LogP contribution in [-0.2, 0) is 0 Å². The van der Waals surface area contributed by atoms with Gasteiger partial charge in [0.15, 0.2) is 20.0 Å². The highest BCUT2D eigenvalue weighted by Gasteiger charge is 2.49. The molecule has 750 valence electrons. The average molecular weight is 1980 g/mol. The van der Waals surface area contributed by atoms with Crippen molar-refractivity contribution in [3.05, 3.63) is 114 Å². The van der Waals surface area contributed by atoms with Crippen molar-refractivity contribution < 1.29 is 58.8 Å². The third kappa shape index (κ3) is 24.8. The van der Waals surface area contributed by atoms with E-state index in [1.54, 1.807) is 80.2 Å². The SMILES string of the molecule is CC[C@@H](C)Nc1cc(C)c(-c2sc(C(=O)NCC(C)(C)O)nc2C(=O)N2C3CCC2CC3)cn1.CC[C@@H](Nc1cc(C)c(-c2sc(C(=O)NCC(C)(C)O)nc2C(=O)N2C3CCC2CC3)cn1)C1CC1.CC[C@H](Nc1cc(C)c(-c2sc(C(=O)NCC(C)(C)O)nc2C(=O)N2C3CCC2CC3)cn1)C1CC1.Cc1cc(NC(C)C)ncc1-c1sc(C(=O)NCC(C)(C)O)nc1C(=O)N1C2CCC1CC2. The Morgan fingerprint density at radius 1 is 0.331 bits per heavy atom. The van der Waals surface area contributed by atoms with E-state index in [0.717, 1.165) is 202 Å². The Morgan fingerprint density at radius 2 is 0.540 bits per heavy atom. The van der Waals surface area contributed by atoms with Gasteiger partial charge >= 0.3 is 0 Å². The lowest BCUT2D eigenvalue weighted by atomic mass is 10.0. The molecule has 8 amide bonds. The smallest absolute Gasteiger partial charge is 0.280 e. The summed E-state index contributed by atoms with van der Waals surface area (Å²) in [6, 6.07) is 11.5. The zero-order chi connectivity index (χ0) is 99.8. The molecule has 8 aliphatic heterocycles. The monoisotopic (exact) mass is 1980 g/mol. The van der Waals surface area contributed by atoms with Crippen molar-refractivity contribution in [2.24, 2.45) is 11.8 Å². The first-order chi connectivity index (χ1) is 65.9. The molecule has 12 N–H and O–H groups in total. The fourth-order valence-electron chi connectivity index (χ4n) is 20.6. The number of hydrogen-bond donors (Lipinski definition) is 12. The zero-order valence-electron chi connectivity index (χ0n) is 83.8. The van der Waals surface area contributed by atoms with E-state index in [0.29, 0.717) is 60.4 Å². The normalized spacial score (nSPS) is 21.2. The minimum Gasteiger partial charge on any atom is -0.389 e. The van der Waals surface area contributed by atoms with E-state index in [2.05, 4.69) is 110 Å². The van der Waals surface area contributed by atoms with Gasteiger partial charge in [0.05, 0.1) is 41.9 Å². The number of thiazole rings is 4. The Hall–Kier alpha value is -10.1. The Labute approximate surface area is 832 Å². The minimum atomic E-state index is -1.04. The standard InChI is InChI=1S/2C27H37N5O3S.C25H35N5O3S.C24H33N5O3S/c2*1-5-20(16-6-7-16)30-21-12-15(2)19(13-28-21)23-22(26(34)32-17-8-9-18(32)11-10-17)31-25(36-23)24(33)29-14-27(3,4)35;1-6-15(3)28-19-11-14(2)18(12-26-19)21-20(24(32)30-16-7-8-17(30)10-9-16)29-23(34-21)22(31)27-13-25(4,5)33;1-13(2)27-18-10-14(3)17(11-25-18)20-19(23(31)29-15-6-7-16(29)9-8-15)28-22(33-20)21(30)26-12-24(4,5)32/h2*12-13,16-18,20,35H,5-11,14H2,1-4H3,(H,28,30)(H,29,33);11-12,15-17,33H,6-10,13H2,1-5H3,(H,26,28)(H,27,31);10-11,13,15-16,32H,6-9,12H2,1-5H3,(H,25,27)(H,26,30)/t2*17?,18?,20-;15-,16?,17?;/m101./s1. The number of carbonyl (C=O) groups excluding carboxylic acids is 8. The molecule has 8 saturated heterocycles. The molecule has 139 heavy (non-hydrogen) atoms. The first-order valence-corrected chi connectivity index (χ1v) is 53.5. The molecule has 32 nitrogen and oxygen atoms in total. The quantitative estimate of drug-likeness (QED) is 0.0182. The maximum Gasteiger partial charge on any atom is 0.280 e. The molecule has 0 aromatic carbocycles. The molecule has 8 bridgehead atoms. The lowest BCUT2D eigenvalue weighted by Gasteiger charge is -2.22. The molecule has 0 radical (unpaired) electrons. The number of rotatable bonds is 33. The number of nitrogens with one attached hydrogen (secondary N) is 8. The van der Waals surface area contributed by atoms with Crippen LogP contribution in [0.5, 0.6) is 0 Å². The highest BCUT2D eigenvalue weighted by Crippen LogP contribution is 2.48. The van der Waals surface area contributed by atoms with Crippen LogP contribution in [0, 0.1) is 39.5 Å². The van der Waals surface area contributed by atoms with Gasteiger partial charge < -0.3 is 82.6 Å². The molecule has 10 fully saturated rings. The van der Waals surface area contributed by atoms with Crippen LogP contribution >= 0.6 is 45.3 Å². The highest BCUT2D eigenvalue weighted by atomic mass is 32.1. The third-order valence-corrected chi connectivity index (χ3v) is 32.7. The van der Waals surface area contributed by atoms with Crippen LogP contribution in [0.4, 0.5) is 23.3 Å². The van der Waals surface area contributed by atoms with Gasteiger partial charge in [-0.05, 0) is 310 Å². The number of fused-ring (bicyclic) bond motifs is 8. The maximum absolute atomic E-state index is 13.8. The number of aliphatic hydroxyl groups is 4. The van der Waals surface area contributed by atoms with Crippen LogP contribution in [0.3, 0.4) is 0 Å². The Bertz CT molecular complexity index is 5580. The third-order valence-electron chi connectivity index (χ3n) is 28.4. The summed E-state index contributed by atoms with van der Waals surface area (Å²) in [4.78, 5) is 154. The number of hydrogen-bond acceptors (Lipinski definition) is 28. The predicted molar refractivity (Wildman–Crippen MR) is 547 cm³/mol. The first-order valence-electron chi connectivity index (χ1n) is 50.2. The van der Waals surface area contributed by atoms with Gasteiger partial charge in [0, 0.05) is 146 Å². The second-order valence-corrected chi connectivity index (χ2v) is 46.7. The van der Waals surface area contributed by atoms with Gasteiger partial charge in [0.2, 0.25) is 0 Å². The van der Waals surface area contributed by atoms with E-state index < -0.39 is 34.2 Å². The lowest BCUT2D eigenvalue weighted by molar-refractivity contribution is 0.0691. The van der Waals surface area contributed by atoms with Gasteiger partial charge in [-0.3, -0.25) is 38.4 Å². The predicted octanol–water partition coefficient (Wildman–Crippen LogP) is 16.4. The van der Waals surface area contributed by atoms with Crippen LogP contribution in [-0.4, -0.2) is 248 Å². The topological polar surface area (TPSA) is 430 Å². The Balaban J connectivity index is 0.000000140. The van der Waals surface area contributed by atoms with E-state index >= 15 is 0 Å². The highest BCUT2D eigenvalue weighted by molar-refractivity contribution is 7.18. The van der Waals surface area contributed by atoms with Gasteiger partial charge in [0.1, 0.15) is 46.0 Å². The summed E-state index contributed by atoms with van der Waals surface area (Å²) in [5, 5.41) is 65.7. The molecule has 10 aliphatic rings. The van der Waals surface area contributed by atoms with E-state index in [-0.39, 0.29) is 136 Å². The minimum absolute atomic E-state index is 0.0887. The number of amides is 8. The van der Waals surface area contributed by atoms with Crippen LogP contribution in [0.15, 0.2) is 49.1 Å². The van der Waals surface area contributed by atoms with Gasteiger partial charge in [-0.15, -0.1) is 45.3 Å². The molecule has 2 aliphatic carbocycles. The number of carbonyl (C=O) groups is 8. The van der Waals surface area contributed by atoms with Crippen LogP contribution in [0.25, 0.3) is 41.8 Å². The summed E-state index contributed by atoms with van der Waals surface area (Å²) in [5.41, 5.74) is 4.33. The second-order valence-electron chi connectivity index (χ2n) is 42.8. The number of pyridine rings is 4. The van der Waals surface area contributed by atoms with E-state index in [4.69, 9.17) is 0 Å². The number of aryl methyl sites for hydroxylation is 4. The van der Waals surface area contributed by atoms with Gasteiger partial charge in [-0.25, -0.2) is 39.9 Å². The fourth-order valence-corrected chi connectivity index (χ4v) is 24.8. The Kier molecular flexibility index (Phi) is 31.9. The van der Waals surface area contributed by atoms with Crippen molar-refractivity contribution in [1.82, 2.24) is 80.7 Å². The molecule has 2 saturated carbocycles. The summed E-state index contributed by atoms with van der Waals surface area (Å²) in [7, 11) is 0. The molecule has 16 heterocycles. The maximum atomic E-state index is 13.8. The summed E-state index contributed by atoms with van der Waals surface area (Å²) in [5.74, 6) is 2.76. The number of aromatic nitrogens is 8. The summed E-state index contributed by atoms with van der Waals surface area (Å²) >= 11 is 4.85. The molecular weight excluding hydrogens is 1840 g/mol. The zero-order valence-corrected chi connectivity index (χ0v) is 87.1. The van der Waals surface area contributed by atoms with E-state index in [1.807, 2.05) is 85.4 Å².